The fraction of sp³-hybridized carbons (Fsp3) is 0.538. The van der Waals surface area contributed by atoms with Crippen LogP contribution in [0.25, 0.3) is 0 Å². The van der Waals surface area contributed by atoms with Crippen molar-refractivity contribution in [1.29, 1.82) is 0 Å². The smallest absolute Gasteiger partial charge is 0.240 e. The molecule has 0 fully saturated rings. The molecule has 0 unspecified atom stereocenters. The lowest BCUT2D eigenvalue weighted by atomic mass is 10.1. The molecule has 0 radical (unpaired) electrons. The van der Waals surface area contributed by atoms with Crippen molar-refractivity contribution in [3.8, 4) is 0 Å². The third-order valence-corrected chi connectivity index (χ3v) is 3.69. The van der Waals surface area contributed by atoms with Crippen molar-refractivity contribution < 1.29 is 8.42 Å². The van der Waals surface area contributed by atoms with Crippen LogP contribution in [0.1, 0.15) is 33.1 Å². The molecule has 0 saturated carbocycles. The average Bonchev–Trinajstić information content (AvgIpc) is 2.27. The molecule has 0 aromatic heterocycles. The van der Waals surface area contributed by atoms with Crippen molar-refractivity contribution in [1.82, 2.24) is 0 Å². The van der Waals surface area contributed by atoms with Gasteiger partial charge in [0, 0.05) is 6.54 Å². The van der Waals surface area contributed by atoms with Crippen LogP contribution in [0, 0.1) is 5.92 Å². The second-order valence-electron chi connectivity index (χ2n) is 4.86. The molecule has 1 aromatic rings. The number of anilines is 1. The minimum atomic E-state index is -3.65. The van der Waals surface area contributed by atoms with Gasteiger partial charge in [0.05, 0.1) is 5.69 Å². The Hall–Kier alpha value is -1.07. The normalized spacial score (nSPS) is 11.8. The average molecular weight is 270 g/mol. The molecule has 0 saturated heterocycles. The molecule has 18 heavy (non-hydrogen) atoms. The van der Waals surface area contributed by atoms with Crippen molar-refractivity contribution in [3.05, 3.63) is 24.3 Å². The third kappa shape index (κ3) is 5.06. The molecule has 0 bridgehead atoms. The SMILES string of the molecule is CC(C)CCCCNc1ccccc1S(N)(=O)=O. The van der Waals surface area contributed by atoms with Crippen molar-refractivity contribution in [2.24, 2.45) is 11.1 Å². The zero-order chi connectivity index (χ0) is 13.6. The van der Waals surface area contributed by atoms with Gasteiger partial charge in [0.2, 0.25) is 10.0 Å². The standard InChI is InChI=1S/C13H22N2O2S/c1-11(2)7-5-6-10-15-12-8-3-4-9-13(12)18(14,16)17/h3-4,8-9,11,15H,5-7,10H2,1-2H3,(H2,14,16,17). The maximum atomic E-state index is 11.4. The Bertz CT molecular complexity index is 470. The molecule has 0 aliphatic carbocycles. The van der Waals surface area contributed by atoms with Crippen molar-refractivity contribution in [3.63, 3.8) is 0 Å². The van der Waals surface area contributed by atoms with E-state index in [9.17, 15) is 8.42 Å². The summed E-state index contributed by atoms with van der Waals surface area (Å²) in [6.07, 6.45) is 3.36. The molecule has 3 N–H and O–H groups in total. The molecular weight excluding hydrogens is 248 g/mol. The Morgan fingerprint density at radius 3 is 2.50 bits per heavy atom. The number of para-hydroxylation sites is 1. The number of primary sulfonamides is 1. The van der Waals surface area contributed by atoms with E-state index in [4.69, 9.17) is 5.14 Å². The van der Waals surface area contributed by atoms with Gasteiger partial charge in [-0.2, -0.15) is 0 Å². The van der Waals surface area contributed by atoms with Crippen LogP contribution in [-0.2, 0) is 10.0 Å². The Morgan fingerprint density at radius 1 is 1.22 bits per heavy atom. The summed E-state index contributed by atoms with van der Waals surface area (Å²) in [5, 5.41) is 8.29. The number of nitrogens with two attached hydrogens (primary N) is 1. The number of hydrogen-bond donors (Lipinski definition) is 2. The van der Waals surface area contributed by atoms with Crippen LogP contribution in [0.15, 0.2) is 29.2 Å². The summed E-state index contributed by atoms with van der Waals surface area (Å²) in [4.78, 5) is 0.161. The summed E-state index contributed by atoms with van der Waals surface area (Å²) < 4.78 is 22.7. The molecule has 5 heteroatoms. The summed E-state index contributed by atoms with van der Waals surface area (Å²) >= 11 is 0. The van der Waals surface area contributed by atoms with Gasteiger partial charge in [-0.1, -0.05) is 38.8 Å². The molecule has 4 nitrogen and oxygen atoms in total. The lowest BCUT2D eigenvalue weighted by molar-refractivity contribution is 0.544. The molecule has 1 rings (SSSR count). The van der Waals surface area contributed by atoms with Crippen LogP contribution in [0.3, 0.4) is 0 Å². The summed E-state index contributed by atoms with van der Waals surface area (Å²) in [5.41, 5.74) is 0.588. The lowest BCUT2D eigenvalue weighted by Crippen LogP contribution is -2.15. The Morgan fingerprint density at radius 2 is 1.89 bits per heavy atom. The minimum Gasteiger partial charge on any atom is -0.384 e. The summed E-state index contributed by atoms with van der Waals surface area (Å²) in [6.45, 7) is 5.16. The van der Waals surface area contributed by atoms with Crippen LogP contribution in [-0.4, -0.2) is 15.0 Å². The Labute approximate surface area is 110 Å². The zero-order valence-electron chi connectivity index (χ0n) is 11.0. The van der Waals surface area contributed by atoms with E-state index in [0.717, 1.165) is 19.4 Å². The zero-order valence-corrected chi connectivity index (χ0v) is 11.8. The first-order valence-corrected chi connectivity index (χ1v) is 7.81. The van der Waals surface area contributed by atoms with E-state index in [1.54, 1.807) is 18.2 Å². The quantitative estimate of drug-likeness (QED) is 0.748. The number of sulfonamides is 1. The van der Waals surface area contributed by atoms with E-state index in [0.29, 0.717) is 11.6 Å². The molecule has 0 amide bonds. The highest BCUT2D eigenvalue weighted by atomic mass is 32.2. The van der Waals surface area contributed by atoms with Gasteiger partial charge in [-0.3, -0.25) is 0 Å². The van der Waals surface area contributed by atoms with Crippen molar-refractivity contribution in [2.75, 3.05) is 11.9 Å². The Kier molecular flexibility index (Phi) is 5.62. The van der Waals surface area contributed by atoms with Crippen LogP contribution < -0.4 is 10.5 Å². The van der Waals surface area contributed by atoms with E-state index in [1.807, 2.05) is 0 Å². The van der Waals surface area contributed by atoms with Gasteiger partial charge in [0.1, 0.15) is 4.90 Å². The molecule has 0 aliphatic rings. The fourth-order valence-electron chi connectivity index (χ4n) is 1.76. The first-order valence-electron chi connectivity index (χ1n) is 6.27. The lowest BCUT2D eigenvalue weighted by Gasteiger charge is -2.10. The second-order valence-corrected chi connectivity index (χ2v) is 6.39. The van der Waals surface area contributed by atoms with E-state index < -0.39 is 10.0 Å². The highest BCUT2D eigenvalue weighted by Gasteiger charge is 2.12. The van der Waals surface area contributed by atoms with Gasteiger partial charge >= 0.3 is 0 Å². The molecule has 0 atom stereocenters. The number of rotatable bonds is 7. The maximum absolute atomic E-state index is 11.4. The summed E-state index contributed by atoms with van der Waals surface area (Å²) in [6, 6.07) is 6.72. The largest absolute Gasteiger partial charge is 0.384 e. The number of benzene rings is 1. The predicted molar refractivity (Wildman–Crippen MR) is 75.0 cm³/mol. The number of hydrogen-bond acceptors (Lipinski definition) is 3. The number of nitrogens with one attached hydrogen (secondary N) is 1. The van der Waals surface area contributed by atoms with Crippen LogP contribution in [0.2, 0.25) is 0 Å². The Balaban J connectivity index is 2.53. The van der Waals surface area contributed by atoms with E-state index in [1.165, 1.54) is 12.5 Å². The molecule has 0 heterocycles. The van der Waals surface area contributed by atoms with Gasteiger partial charge < -0.3 is 5.32 Å². The highest BCUT2D eigenvalue weighted by Crippen LogP contribution is 2.19. The van der Waals surface area contributed by atoms with E-state index in [2.05, 4.69) is 19.2 Å². The van der Waals surface area contributed by atoms with Gasteiger partial charge in [0.15, 0.2) is 0 Å². The summed E-state index contributed by atoms with van der Waals surface area (Å²) in [7, 11) is -3.65. The van der Waals surface area contributed by atoms with E-state index >= 15 is 0 Å². The van der Waals surface area contributed by atoms with Gasteiger partial charge in [0.25, 0.3) is 0 Å². The van der Waals surface area contributed by atoms with Crippen LogP contribution >= 0.6 is 0 Å². The molecule has 0 spiro atoms. The molecule has 102 valence electrons. The van der Waals surface area contributed by atoms with Gasteiger partial charge in [-0.05, 0) is 24.5 Å². The van der Waals surface area contributed by atoms with Crippen LogP contribution in [0.4, 0.5) is 5.69 Å². The maximum Gasteiger partial charge on any atom is 0.240 e. The van der Waals surface area contributed by atoms with E-state index in [-0.39, 0.29) is 4.90 Å². The van der Waals surface area contributed by atoms with Gasteiger partial charge in [-0.15, -0.1) is 0 Å². The predicted octanol–water partition coefficient (Wildman–Crippen LogP) is 2.57. The van der Waals surface area contributed by atoms with Crippen molar-refractivity contribution >= 4 is 15.7 Å². The minimum absolute atomic E-state index is 0.161. The first-order chi connectivity index (χ1) is 8.41. The topological polar surface area (TPSA) is 72.2 Å². The number of unbranched alkanes of at least 4 members (excludes halogenated alkanes) is 1. The first kappa shape index (κ1) is 15.0. The monoisotopic (exact) mass is 270 g/mol. The van der Waals surface area contributed by atoms with Crippen LogP contribution in [0.5, 0.6) is 0 Å². The molecule has 0 aliphatic heterocycles. The van der Waals surface area contributed by atoms with Gasteiger partial charge in [-0.25, -0.2) is 13.6 Å². The third-order valence-electron chi connectivity index (χ3n) is 2.72. The highest BCUT2D eigenvalue weighted by molar-refractivity contribution is 7.89. The molecular formula is C13H22N2O2S. The van der Waals surface area contributed by atoms with Crippen molar-refractivity contribution in [2.45, 2.75) is 38.0 Å². The fourth-order valence-corrected chi connectivity index (χ4v) is 2.48. The molecule has 1 aromatic carbocycles. The summed E-state index contributed by atoms with van der Waals surface area (Å²) in [5.74, 6) is 0.710. The second kappa shape index (κ2) is 6.75.